The summed E-state index contributed by atoms with van der Waals surface area (Å²) in [5.74, 6) is 1.72. The second kappa shape index (κ2) is 11.2. The van der Waals surface area contributed by atoms with E-state index in [-0.39, 0.29) is 11.6 Å². The van der Waals surface area contributed by atoms with Crippen LogP contribution in [0.15, 0.2) is 75.8 Å². The molecule has 0 bridgehead atoms. The van der Waals surface area contributed by atoms with Crippen molar-refractivity contribution < 1.29 is 23.7 Å². The molecule has 0 radical (unpaired) electrons. The molecule has 0 aliphatic carbocycles. The number of esters is 1. The molecular formula is C28H26BrNO5. The minimum atomic E-state index is -0.498. The van der Waals surface area contributed by atoms with Gasteiger partial charge in [-0.2, -0.15) is 0 Å². The lowest BCUT2D eigenvalue weighted by atomic mass is 10.1. The van der Waals surface area contributed by atoms with E-state index < -0.39 is 5.97 Å². The number of benzene rings is 3. The maximum atomic E-state index is 12.4. The van der Waals surface area contributed by atoms with Crippen LogP contribution in [0.4, 0.5) is 0 Å². The molecule has 4 rings (SSSR count). The van der Waals surface area contributed by atoms with Crippen molar-refractivity contribution >= 4 is 33.9 Å². The summed E-state index contributed by atoms with van der Waals surface area (Å²) in [4.78, 5) is 16.7. The Morgan fingerprint density at radius 3 is 2.46 bits per heavy atom. The fraction of sp³-hybridized carbons (Fsp3) is 0.214. The highest BCUT2D eigenvalue weighted by Gasteiger charge is 2.24. The van der Waals surface area contributed by atoms with Crippen LogP contribution in [0.5, 0.6) is 17.2 Å². The first-order chi connectivity index (χ1) is 16.9. The van der Waals surface area contributed by atoms with Crippen LogP contribution in [0.2, 0.25) is 0 Å². The number of cyclic esters (lactones) is 1. The van der Waals surface area contributed by atoms with Crippen LogP contribution in [0.25, 0.3) is 6.08 Å². The minimum absolute atomic E-state index is 0.216. The normalized spacial score (nSPS) is 14.0. The molecule has 0 N–H and O–H groups in total. The number of carbonyl (C=O) groups is 1. The molecule has 3 aromatic carbocycles. The van der Waals surface area contributed by atoms with Crippen LogP contribution in [-0.4, -0.2) is 31.7 Å². The summed E-state index contributed by atoms with van der Waals surface area (Å²) in [5, 5.41) is 0. The van der Waals surface area contributed by atoms with Crippen molar-refractivity contribution in [2.75, 3.05) is 19.8 Å². The first-order valence-electron chi connectivity index (χ1n) is 11.3. The molecule has 7 heteroatoms. The maximum Gasteiger partial charge on any atom is 0.363 e. The van der Waals surface area contributed by atoms with Crippen LogP contribution >= 0.6 is 15.9 Å². The number of hydrogen-bond acceptors (Lipinski definition) is 6. The quantitative estimate of drug-likeness (QED) is 0.183. The van der Waals surface area contributed by atoms with Gasteiger partial charge in [-0.3, -0.25) is 0 Å². The number of aliphatic imine (C=N–C) groups is 1. The number of rotatable bonds is 9. The average molecular weight is 536 g/mol. The highest BCUT2D eigenvalue weighted by molar-refractivity contribution is 9.10. The number of nitrogens with zero attached hydrogens (tertiary/aromatic N) is 1. The van der Waals surface area contributed by atoms with E-state index in [1.807, 2.05) is 67.6 Å². The van der Waals surface area contributed by atoms with Crippen LogP contribution in [0, 0.1) is 13.8 Å². The Kier molecular flexibility index (Phi) is 7.87. The van der Waals surface area contributed by atoms with Gasteiger partial charge in [0.25, 0.3) is 0 Å². The SMILES string of the molecule is CCOc1cc(/C=C2\N=C(c3ccccc3)OC2=O)cc(Br)c1OCCOc1ccc(C)c(C)c1. The molecule has 3 aromatic rings. The molecule has 0 saturated heterocycles. The maximum absolute atomic E-state index is 12.4. The Morgan fingerprint density at radius 2 is 1.71 bits per heavy atom. The summed E-state index contributed by atoms with van der Waals surface area (Å²) in [5.41, 5.74) is 4.09. The summed E-state index contributed by atoms with van der Waals surface area (Å²) in [6.45, 7) is 7.20. The fourth-order valence-electron chi connectivity index (χ4n) is 3.45. The zero-order valence-electron chi connectivity index (χ0n) is 19.8. The first kappa shape index (κ1) is 24.5. The predicted molar refractivity (Wildman–Crippen MR) is 139 cm³/mol. The number of hydrogen-bond donors (Lipinski definition) is 0. The number of carbonyl (C=O) groups excluding carboxylic acids is 1. The van der Waals surface area contributed by atoms with Crippen LogP contribution in [0.1, 0.15) is 29.2 Å². The largest absolute Gasteiger partial charge is 0.490 e. The van der Waals surface area contributed by atoms with Gasteiger partial charge >= 0.3 is 5.97 Å². The van der Waals surface area contributed by atoms with Crippen LogP contribution in [-0.2, 0) is 9.53 Å². The van der Waals surface area contributed by atoms with Gasteiger partial charge in [0, 0.05) is 5.56 Å². The molecule has 6 nitrogen and oxygen atoms in total. The van der Waals surface area contributed by atoms with E-state index in [0.29, 0.717) is 35.8 Å². The molecule has 0 saturated carbocycles. The lowest BCUT2D eigenvalue weighted by Crippen LogP contribution is -2.10. The van der Waals surface area contributed by atoms with Crippen LogP contribution < -0.4 is 14.2 Å². The Hall–Kier alpha value is -3.58. The van der Waals surface area contributed by atoms with Gasteiger partial charge in [-0.25, -0.2) is 9.79 Å². The summed E-state index contributed by atoms with van der Waals surface area (Å²) in [7, 11) is 0. The van der Waals surface area contributed by atoms with E-state index in [1.54, 1.807) is 6.08 Å². The lowest BCUT2D eigenvalue weighted by molar-refractivity contribution is -0.129. The first-order valence-corrected chi connectivity index (χ1v) is 12.1. The third kappa shape index (κ3) is 6.11. The molecule has 0 spiro atoms. The average Bonchev–Trinajstić information content (AvgIpc) is 3.21. The highest BCUT2D eigenvalue weighted by atomic mass is 79.9. The lowest BCUT2D eigenvalue weighted by Gasteiger charge is -2.15. The van der Waals surface area contributed by atoms with E-state index in [9.17, 15) is 4.79 Å². The summed E-state index contributed by atoms with van der Waals surface area (Å²) < 4.78 is 23.6. The monoisotopic (exact) mass is 535 g/mol. The summed E-state index contributed by atoms with van der Waals surface area (Å²) >= 11 is 3.57. The van der Waals surface area contributed by atoms with E-state index in [0.717, 1.165) is 16.9 Å². The smallest absolute Gasteiger partial charge is 0.363 e. The number of aryl methyl sites for hydroxylation is 2. The molecule has 1 heterocycles. The zero-order chi connectivity index (χ0) is 24.8. The van der Waals surface area contributed by atoms with Gasteiger partial charge in [0.2, 0.25) is 5.90 Å². The van der Waals surface area contributed by atoms with Crippen molar-refractivity contribution in [3.8, 4) is 17.2 Å². The summed E-state index contributed by atoms with van der Waals surface area (Å²) in [6, 6.07) is 19.0. The number of ether oxygens (including phenoxy) is 4. The molecule has 0 atom stereocenters. The topological polar surface area (TPSA) is 66.4 Å². The standard InChI is InChI=1S/C28H26BrNO5/c1-4-32-25-17-20(16-24-28(31)35-27(30-24)21-8-6-5-7-9-21)15-23(29)26(25)34-13-12-33-22-11-10-18(2)19(3)14-22/h5-11,14-17H,4,12-13H2,1-3H3/b24-16-. The molecule has 35 heavy (non-hydrogen) atoms. The molecule has 0 amide bonds. The van der Waals surface area contributed by atoms with Crippen molar-refractivity contribution in [3.05, 3.63) is 93.1 Å². The van der Waals surface area contributed by atoms with Gasteiger partial charge in [0.15, 0.2) is 17.2 Å². The molecule has 1 aliphatic heterocycles. The van der Waals surface area contributed by atoms with E-state index in [1.165, 1.54) is 11.1 Å². The molecule has 0 unspecified atom stereocenters. The van der Waals surface area contributed by atoms with Gasteiger partial charge < -0.3 is 18.9 Å². The molecule has 180 valence electrons. The Bertz CT molecular complexity index is 1280. The van der Waals surface area contributed by atoms with Gasteiger partial charge in [0.1, 0.15) is 19.0 Å². The molecule has 1 aliphatic rings. The third-order valence-electron chi connectivity index (χ3n) is 5.35. The van der Waals surface area contributed by atoms with Gasteiger partial charge in [-0.15, -0.1) is 0 Å². The van der Waals surface area contributed by atoms with Crippen molar-refractivity contribution in [2.45, 2.75) is 20.8 Å². The number of halogens is 1. The second-order valence-electron chi connectivity index (χ2n) is 7.91. The van der Waals surface area contributed by atoms with Crippen molar-refractivity contribution in [2.24, 2.45) is 4.99 Å². The van der Waals surface area contributed by atoms with E-state index >= 15 is 0 Å². The summed E-state index contributed by atoms with van der Waals surface area (Å²) in [6.07, 6.45) is 1.66. The fourth-order valence-corrected chi connectivity index (χ4v) is 4.03. The second-order valence-corrected chi connectivity index (χ2v) is 8.76. The molecule has 0 fully saturated rings. The van der Waals surface area contributed by atoms with Crippen LogP contribution in [0.3, 0.4) is 0 Å². The van der Waals surface area contributed by atoms with Crippen molar-refractivity contribution in [1.82, 2.24) is 0 Å². The Labute approximate surface area is 213 Å². The Balaban J connectivity index is 1.48. The van der Waals surface area contributed by atoms with Crippen molar-refractivity contribution in [3.63, 3.8) is 0 Å². The van der Waals surface area contributed by atoms with Gasteiger partial charge in [0.05, 0.1) is 11.1 Å². The third-order valence-corrected chi connectivity index (χ3v) is 5.94. The predicted octanol–water partition coefficient (Wildman–Crippen LogP) is 6.27. The van der Waals surface area contributed by atoms with Gasteiger partial charge in [-0.1, -0.05) is 24.3 Å². The zero-order valence-corrected chi connectivity index (χ0v) is 21.4. The minimum Gasteiger partial charge on any atom is -0.490 e. The van der Waals surface area contributed by atoms with Crippen molar-refractivity contribution in [1.29, 1.82) is 0 Å². The van der Waals surface area contributed by atoms with E-state index in [4.69, 9.17) is 18.9 Å². The van der Waals surface area contributed by atoms with E-state index in [2.05, 4.69) is 34.8 Å². The van der Waals surface area contributed by atoms with Gasteiger partial charge in [-0.05, 0) is 95.9 Å². The highest BCUT2D eigenvalue weighted by Crippen LogP contribution is 2.38. The Morgan fingerprint density at radius 1 is 0.943 bits per heavy atom. The molecular weight excluding hydrogens is 510 g/mol. The molecule has 0 aromatic heterocycles.